The number of tetrazole rings is 1. The van der Waals surface area contributed by atoms with E-state index in [4.69, 9.17) is 11.6 Å². The molecule has 23 heavy (non-hydrogen) atoms. The van der Waals surface area contributed by atoms with Crippen LogP contribution in [0.5, 0.6) is 0 Å². The second-order valence-corrected chi connectivity index (χ2v) is 7.98. The van der Waals surface area contributed by atoms with Gasteiger partial charge in [0.25, 0.3) is 0 Å². The van der Waals surface area contributed by atoms with Crippen molar-refractivity contribution in [3.63, 3.8) is 0 Å². The van der Waals surface area contributed by atoms with Crippen molar-refractivity contribution >= 4 is 27.3 Å². The molecule has 1 atom stereocenters. The zero-order chi connectivity index (χ0) is 16.4. The molecule has 0 saturated carbocycles. The van der Waals surface area contributed by atoms with Crippen molar-refractivity contribution in [1.82, 2.24) is 25.5 Å². The molecule has 0 unspecified atom stereocenters. The van der Waals surface area contributed by atoms with Crippen LogP contribution in [0.2, 0.25) is 5.02 Å². The summed E-state index contributed by atoms with van der Waals surface area (Å²) in [4.78, 5) is 13.1. The number of nitrogens with one attached hydrogen (secondary N) is 1. The summed E-state index contributed by atoms with van der Waals surface area (Å²) in [5, 5.41) is 15.1. The predicted molar refractivity (Wildman–Crippen MR) is 83.5 cm³/mol. The molecule has 122 valence electrons. The third-order valence-corrected chi connectivity index (χ3v) is 5.46. The Morgan fingerprint density at radius 3 is 2.74 bits per heavy atom. The maximum absolute atomic E-state index is 11.9. The largest absolute Gasteiger partial charge is 0.351 e. The van der Waals surface area contributed by atoms with E-state index in [1.54, 1.807) is 24.3 Å². The lowest BCUT2D eigenvalue weighted by molar-refractivity contribution is -0.122. The SMILES string of the molecule is O=C(Cn1nnc(-c2ccc(Cl)cc2)n1)N[C@@H]1CCS(=O)(=O)C1. The van der Waals surface area contributed by atoms with Gasteiger partial charge in [-0.3, -0.25) is 4.79 Å². The minimum atomic E-state index is -3.03. The number of nitrogens with zero attached hydrogens (tertiary/aromatic N) is 4. The molecule has 1 aromatic heterocycles. The first-order valence-corrected chi connectivity index (χ1v) is 9.15. The normalized spacial score (nSPS) is 19.6. The highest BCUT2D eigenvalue weighted by atomic mass is 35.5. The zero-order valence-electron chi connectivity index (χ0n) is 12.0. The molecule has 3 rings (SSSR count). The van der Waals surface area contributed by atoms with Gasteiger partial charge in [-0.25, -0.2) is 8.42 Å². The fraction of sp³-hybridized carbons (Fsp3) is 0.385. The van der Waals surface area contributed by atoms with E-state index in [1.807, 2.05) is 0 Å². The van der Waals surface area contributed by atoms with Crippen molar-refractivity contribution in [2.75, 3.05) is 11.5 Å². The van der Waals surface area contributed by atoms with Gasteiger partial charge < -0.3 is 5.32 Å². The van der Waals surface area contributed by atoms with Gasteiger partial charge in [0.1, 0.15) is 6.54 Å². The molecule has 0 spiro atoms. The van der Waals surface area contributed by atoms with Gasteiger partial charge in [0, 0.05) is 16.6 Å². The van der Waals surface area contributed by atoms with Crippen molar-refractivity contribution in [1.29, 1.82) is 0 Å². The van der Waals surface area contributed by atoms with Gasteiger partial charge in [-0.2, -0.15) is 4.80 Å². The fourth-order valence-electron chi connectivity index (χ4n) is 2.34. The monoisotopic (exact) mass is 355 g/mol. The Kier molecular flexibility index (Phi) is 4.31. The average Bonchev–Trinajstić information content (AvgIpc) is 3.06. The number of halogens is 1. The van der Waals surface area contributed by atoms with Crippen LogP contribution in [0.3, 0.4) is 0 Å². The number of carbonyl (C=O) groups excluding carboxylic acids is 1. The van der Waals surface area contributed by atoms with E-state index in [0.29, 0.717) is 17.3 Å². The number of hydrogen-bond donors (Lipinski definition) is 1. The number of sulfone groups is 1. The van der Waals surface area contributed by atoms with Crippen LogP contribution >= 0.6 is 11.6 Å². The van der Waals surface area contributed by atoms with Crippen molar-refractivity contribution < 1.29 is 13.2 Å². The Morgan fingerprint density at radius 1 is 1.35 bits per heavy atom. The van der Waals surface area contributed by atoms with Gasteiger partial charge in [0.2, 0.25) is 11.7 Å². The molecule has 1 fully saturated rings. The predicted octanol–water partition coefficient (Wildman–Crippen LogP) is 0.297. The molecule has 1 aliphatic heterocycles. The summed E-state index contributed by atoms with van der Waals surface area (Å²) in [6.07, 6.45) is 0.439. The maximum Gasteiger partial charge on any atom is 0.243 e. The van der Waals surface area contributed by atoms with Crippen LogP contribution in [0, 0.1) is 0 Å². The molecule has 0 bridgehead atoms. The topological polar surface area (TPSA) is 107 Å². The van der Waals surface area contributed by atoms with Crippen LogP contribution in [-0.4, -0.2) is 52.1 Å². The van der Waals surface area contributed by atoms with E-state index in [0.717, 1.165) is 5.56 Å². The molecule has 2 heterocycles. The Balaban J connectivity index is 1.60. The summed E-state index contributed by atoms with van der Waals surface area (Å²) in [6.45, 7) is -0.114. The highest BCUT2D eigenvalue weighted by molar-refractivity contribution is 7.91. The van der Waals surface area contributed by atoms with Crippen LogP contribution in [0.15, 0.2) is 24.3 Å². The molecule has 0 aliphatic carbocycles. The molecule has 8 nitrogen and oxygen atoms in total. The first-order chi connectivity index (χ1) is 10.9. The number of amides is 1. The third kappa shape index (κ3) is 4.05. The first kappa shape index (κ1) is 15.9. The molecule has 1 N–H and O–H groups in total. The molecule has 1 aliphatic rings. The standard InChI is InChI=1S/C13H14ClN5O3S/c14-10-3-1-9(2-4-10)13-16-18-19(17-13)7-12(20)15-11-5-6-23(21,22)8-11/h1-4,11H,5-8H2,(H,15,20)/t11-/m1/s1. The Bertz CT molecular complexity index is 818. The van der Waals surface area contributed by atoms with Crippen LogP contribution in [-0.2, 0) is 21.2 Å². The summed E-state index contributed by atoms with van der Waals surface area (Å²) >= 11 is 5.82. The Hall–Kier alpha value is -2.00. The van der Waals surface area contributed by atoms with E-state index >= 15 is 0 Å². The maximum atomic E-state index is 11.9. The van der Waals surface area contributed by atoms with Crippen LogP contribution in [0.1, 0.15) is 6.42 Å². The van der Waals surface area contributed by atoms with E-state index in [1.165, 1.54) is 4.80 Å². The lowest BCUT2D eigenvalue weighted by atomic mass is 10.2. The lowest BCUT2D eigenvalue weighted by Gasteiger charge is -2.09. The molecule has 2 aromatic rings. The van der Waals surface area contributed by atoms with E-state index in [2.05, 4.69) is 20.7 Å². The molecular formula is C13H14ClN5O3S. The van der Waals surface area contributed by atoms with Gasteiger partial charge in [-0.05, 0) is 35.9 Å². The van der Waals surface area contributed by atoms with E-state index < -0.39 is 9.84 Å². The Morgan fingerprint density at radius 2 is 2.09 bits per heavy atom. The molecule has 1 aromatic carbocycles. The van der Waals surface area contributed by atoms with Gasteiger partial charge in [0.05, 0.1) is 11.5 Å². The summed E-state index contributed by atoms with van der Waals surface area (Å²) in [7, 11) is -3.03. The fourth-order valence-corrected chi connectivity index (χ4v) is 4.13. The molecule has 1 saturated heterocycles. The van der Waals surface area contributed by atoms with Gasteiger partial charge in [-0.15, -0.1) is 10.2 Å². The highest BCUT2D eigenvalue weighted by Crippen LogP contribution is 2.17. The number of hydrogen-bond acceptors (Lipinski definition) is 6. The lowest BCUT2D eigenvalue weighted by Crippen LogP contribution is -2.38. The molecule has 10 heteroatoms. The minimum Gasteiger partial charge on any atom is -0.351 e. The third-order valence-electron chi connectivity index (χ3n) is 3.44. The van der Waals surface area contributed by atoms with Crippen molar-refractivity contribution in [3.05, 3.63) is 29.3 Å². The quantitative estimate of drug-likeness (QED) is 0.845. The zero-order valence-corrected chi connectivity index (χ0v) is 13.6. The number of carbonyl (C=O) groups is 1. The highest BCUT2D eigenvalue weighted by Gasteiger charge is 2.29. The Labute approximate surface area is 137 Å². The second kappa shape index (κ2) is 6.25. The van der Waals surface area contributed by atoms with Gasteiger partial charge >= 0.3 is 0 Å². The molecule has 1 amide bonds. The minimum absolute atomic E-state index is 0.0143. The van der Waals surface area contributed by atoms with E-state index in [-0.39, 0.29) is 30.0 Å². The molecule has 0 radical (unpaired) electrons. The summed E-state index contributed by atoms with van der Waals surface area (Å²) in [5.41, 5.74) is 0.739. The molecular weight excluding hydrogens is 342 g/mol. The summed E-state index contributed by atoms with van der Waals surface area (Å²) in [6, 6.07) is 6.60. The van der Waals surface area contributed by atoms with Crippen LogP contribution in [0.4, 0.5) is 0 Å². The summed E-state index contributed by atoms with van der Waals surface area (Å²) in [5.74, 6) is 0.143. The first-order valence-electron chi connectivity index (χ1n) is 6.95. The van der Waals surface area contributed by atoms with Crippen LogP contribution in [0.25, 0.3) is 11.4 Å². The second-order valence-electron chi connectivity index (χ2n) is 5.32. The van der Waals surface area contributed by atoms with Gasteiger partial charge in [0.15, 0.2) is 9.84 Å². The summed E-state index contributed by atoms with van der Waals surface area (Å²) < 4.78 is 22.7. The number of rotatable bonds is 4. The van der Waals surface area contributed by atoms with Gasteiger partial charge in [-0.1, -0.05) is 11.6 Å². The van der Waals surface area contributed by atoms with Crippen molar-refractivity contribution in [2.45, 2.75) is 19.0 Å². The van der Waals surface area contributed by atoms with Crippen LogP contribution < -0.4 is 5.32 Å². The van der Waals surface area contributed by atoms with Crippen molar-refractivity contribution in [2.24, 2.45) is 0 Å². The average molecular weight is 356 g/mol. The van der Waals surface area contributed by atoms with Crippen molar-refractivity contribution in [3.8, 4) is 11.4 Å². The van der Waals surface area contributed by atoms with E-state index in [9.17, 15) is 13.2 Å². The number of benzene rings is 1. The smallest absolute Gasteiger partial charge is 0.243 e. The number of aromatic nitrogens is 4.